The van der Waals surface area contributed by atoms with Crippen molar-refractivity contribution in [2.45, 2.75) is 6.42 Å². The molecule has 0 atom stereocenters. The van der Waals surface area contributed by atoms with Gasteiger partial charge in [0.15, 0.2) is 0 Å². The average Bonchev–Trinajstić information content (AvgIpc) is 2.40. The highest BCUT2D eigenvalue weighted by Gasteiger charge is 2.09. The van der Waals surface area contributed by atoms with E-state index in [-0.39, 0.29) is 18.1 Å². The van der Waals surface area contributed by atoms with Gasteiger partial charge in [0.1, 0.15) is 5.82 Å². The summed E-state index contributed by atoms with van der Waals surface area (Å²) in [5.74, 6) is -0.452. The van der Waals surface area contributed by atoms with Crippen molar-refractivity contribution in [1.29, 1.82) is 0 Å². The summed E-state index contributed by atoms with van der Waals surface area (Å²) in [7, 11) is 1.57. The van der Waals surface area contributed by atoms with Crippen molar-refractivity contribution in [2.24, 2.45) is 0 Å². The number of nitrogens with one attached hydrogen (secondary N) is 1. The van der Waals surface area contributed by atoms with Crippen LogP contribution in [0.4, 0.5) is 4.39 Å². The Morgan fingerprint density at radius 3 is 2.56 bits per heavy atom. The van der Waals surface area contributed by atoms with Crippen LogP contribution in [-0.4, -0.2) is 13.0 Å². The van der Waals surface area contributed by atoms with Crippen LogP contribution in [0.3, 0.4) is 0 Å². The molecule has 0 aromatic heterocycles. The van der Waals surface area contributed by atoms with Gasteiger partial charge in [-0.2, -0.15) is 0 Å². The minimum atomic E-state index is -0.325. The van der Waals surface area contributed by atoms with Crippen LogP contribution in [0.1, 0.15) is 5.56 Å². The van der Waals surface area contributed by atoms with Gasteiger partial charge in [0.2, 0.25) is 5.91 Å². The Labute approximate surface area is 105 Å². The van der Waals surface area contributed by atoms with E-state index in [4.69, 9.17) is 0 Å². The molecule has 0 aliphatic carbocycles. The number of hydrogen-bond acceptors (Lipinski definition) is 1. The van der Waals surface area contributed by atoms with Gasteiger partial charge < -0.3 is 5.32 Å². The van der Waals surface area contributed by atoms with E-state index < -0.39 is 0 Å². The molecule has 3 heteroatoms. The van der Waals surface area contributed by atoms with Crippen LogP contribution >= 0.6 is 0 Å². The van der Waals surface area contributed by atoms with Crippen LogP contribution in [0.25, 0.3) is 11.1 Å². The Balaban J connectivity index is 2.44. The topological polar surface area (TPSA) is 29.1 Å². The Bertz CT molecular complexity index is 552. The molecule has 0 aliphatic heterocycles. The lowest BCUT2D eigenvalue weighted by Gasteiger charge is -2.09. The second kappa shape index (κ2) is 5.45. The van der Waals surface area contributed by atoms with Gasteiger partial charge in [-0.1, -0.05) is 36.4 Å². The number of halogens is 1. The molecular formula is C15H14FNO. The Morgan fingerprint density at radius 1 is 1.17 bits per heavy atom. The highest BCUT2D eigenvalue weighted by Crippen LogP contribution is 2.24. The number of amides is 1. The Kier molecular flexibility index (Phi) is 3.72. The van der Waals surface area contributed by atoms with Crippen LogP contribution in [0.15, 0.2) is 48.5 Å². The van der Waals surface area contributed by atoms with Crippen LogP contribution in [0.2, 0.25) is 0 Å². The zero-order valence-corrected chi connectivity index (χ0v) is 10.1. The Morgan fingerprint density at radius 2 is 1.89 bits per heavy atom. The molecule has 0 radical (unpaired) electrons. The third-order valence-corrected chi connectivity index (χ3v) is 2.78. The second-order valence-corrected chi connectivity index (χ2v) is 4.02. The Hall–Kier alpha value is -2.16. The van der Waals surface area contributed by atoms with Crippen molar-refractivity contribution in [3.8, 4) is 11.1 Å². The zero-order chi connectivity index (χ0) is 13.0. The molecule has 2 aromatic carbocycles. The van der Waals surface area contributed by atoms with E-state index in [0.717, 1.165) is 11.1 Å². The standard InChI is InChI=1S/C15H14FNO/c1-17-15(18)10-12-9-13(16)7-8-14(12)11-5-3-2-4-6-11/h2-9H,10H2,1H3,(H,17,18). The van der Waals surface area contributed by atoms with E-state index in [1.54, 1.807) is 13.1 Å². The van der Waals surface area contributed by atoms with Gasteiger partial charge in [-0.3, -0.25) is 4.79 Å². The maximum Gasteiger partial charge on any atom is 0.224 e. The first kappa shape index (κ1) is 12.3. The van der Waals surface area contributed by atoms with Crippen LogP contribution in [0, 0.1) is 5.82 Å². The van der Waals surface area contributed by atoms with Crippen molar-refractivity contribution in [2.75, 3.05) is 7.05 Å². The summed E-state index contributed by atoms with van der Waals surface area (Å²) < 4.78 is 13.3. The molecule has 0 aliphatic rings. The molecule has 2 nitrogen and oxygen atoms in total. The number of carbonyl (C=O) groups excluding carboxylic acids is 1. The largest absolute Gasteiger partial charge is 0.359 e. The lowest BCUT2D eigenvalue weighted by Crippen LogP contribution is -2.20. The predicted molar refractivity (Wildman–Crippen MR) is 69.6 cm³/mol. The van der Waals surface area contributed by atoms with Crippen molar-refractivity contribution in [1.82, 2.24) is 5.32 Å². The minimum Gasteiger partial charge on any atom is -0.359 e. The van der Waals surface area contributed by atoms with Gasteiger partial charge in [0.05, 0.1) is 6.42 Å². The predicted octanol–water partition coefficient (Wildman–Crippen LogP) is 2.78. The number of hydrogen-bond donors (Lipinski definition) is 1. The molecule has 92 valence electrons. The maximum absolute atomic E-state index is 13.3. The molecule has 0 saturated heterocycles. The van der Waals surface area contributed by atoms with E-state index in [2.05, 4.69) is 5.32 Å². The highest BCUT2D eigenvalue weighted by atomic mass is 19.1. The van der Waals surface area contributed by atoms with Gasteiger partial charge in [-0.15, -0.1) is 0 Å². The van der Waals surface area contributed by atoms with E-state index in [9.17, 15) is 9.18 Å². The fraction of sp³-hybridized carbons (Fsp3) is 0.133. The van der Waals surface area contributed by atoms with E-state index in [1.807, 2.05) is 30.3 Å². The average molecular weight is 243 g/mol. The van der Waals surface area contributed by atoms with Crippen molar-refractivity contribution in [3.05, 3.63) is 59.9 Å². The van der Waals surface area contributed by atoms with Crippen LogP contribution < -0.4 is 5.32 Å². The van der Waals surface area contributed by atoms with E-state index >= 15 is 0 Å². The maximum atomic E-state index is 13.3. The number of carbonyl (C=O) groups is 1. The molecular weight excluding hydrogens is 229 g/mol. The van der Waals surface area contributed by atoms with Gasteiger partial charge in [-0.05, 0) is 28.8 Å². The van der Waals surface area contributed by atoms with Crippen LogP contribution in [-0.2, 0) is 11.2 Å². The monoisotopic (exact) mass is 243 g/mol. The number of benzene rings is 2. The lowest BCUT2D eigenvalue weighted by atomic mass is 9.97. The quantitative estimate of drug-likeness (QED) is 0.882. The molecule has 18 heavy (non-hydrogen) atoms. The number of likely N-dealkylation sites (N-methyl/N-ethyl adjacent to an activating group) is 1. The molecule has 0 saturated carbocycles. The lowest BCUT2D eigenvalue weighted by molar-refractivity contribution is -0.119. The van der Waals surface area contributed by atoms with Gasteiger partial charge in [-0.25, -0.2) is 4.39 Å². The first-order chi connectivity index (χ1) is 8.70. The van der Waals surface area contributed by atoms with Crippen molar-refractivity contribution < 1.29 is 9.18 Å². The molecule has 0 unspecified atom stereocenters. The van der Waals surface area contributed by atoms with Gasteiger partial charge in [0.25, 0.3) is 0 Å². The molecule has 2 aromatic rings. The summed E-state index contributed by atoms with van der Waals surface area (Å²) in [5.41, 5.74) is 2.57. The van der Waals surface area contributed by atoms with Crippen molar-refractivity contribution in [3.63, 3.8) is 0 Å². The second-order valence-electron chi connectivity index (χ2n) is 4.02. The third kappa shape index (κ3) is 2.74. The molecule has 0 spiro atoms. The van der Waals surface area contributed by atoms with E-state index in [0.29, 0.717) is 5.56 Å². The van der Waals surface area contributed by atoms with Gasteiger partial charge in [0, 0.05) is 7.05 Å². The highest BCUT2D eigenvalue weighted by molar-refractivity contribution is 5.81. The fourth-order valence-corrected chi connectivity index (χ4v) is 1.87. The summed E-state index contributed by atoms with van der Waals surface area (Å²) in [5, 5.41) is 2.55. The first-order valence-electron chi connectivity index (χ1n) is 5.75. The molecule has 0 fully saturated rings. The SMILES string of the molecule is CNC(=O)Cc1cc(F)ccc1-c1ccccc1. The van der Waals surface area contributed by atoms with Crippen LogP contribution in [0.5, 0.6) is 0 Å². The first-order valence-corrected chi connectivity index (χ1v) is 5.75. The number of rotatable bonds is 3. The summed E-state index contributed by atoms with van der Waals surface area (Å²) in [6.45, 7) is 0. The molecule has 1 N–H and O–H groups in total. The minimum absolute atomic E-state index is 0.127. The van der Waals surface area contributed by atoms with Gasteiger partial charge >= 0.3 is 0 Å². The molecule has 2 rings (SSSR count). The summed E-state index contributed by atoms with van der Waals surface area (Å²) in [4.78, 5) is 11.4. The molecule has 0 bridgehead atoms. The van der Waals surface area contributed by atoms with E-state index in [1.165, 1.54) is 12.1 Å². The van der Waals surface area contributed by atoms with Crippen molar-refractivity contribution >= 4 is 5.91 Å². The molecule has 1 amide bonds. The summed E-state index contributed by atoms with van der Waals surface area (Å²) >= 11 is 0. The summed E-state index contributed by atoms with van der Waals surface area (Å²) in [6, 6.07) is 14.2. The molecule has 0 heterocycles. The smallest absolute Gasteiger partial charge is 0.224 e. The zero-order valence-electron chi connectivity index (χ0n) is 10.1. The third-order valence-electron chi connectivity index (χ3n) is 2.78. The summed E-state index contributed by atoms with van der Waals surface area (Å²) in [6.07, 6.45) is 0.179. The fourth-order valence-electron chi connectivity index (χ4n) is 1.87. The normalized spacial score (nSPS) is 10.1.